The van der Waals surface area contributed by atoms with Crippen LogP contribution in [-0.2, 0) is 12.4 Å². The van der Waals surface area contributed by atoms with E-state index < -0.39 is 11.7 Å². The van der Waals surface area contributed by atoms with Crippen molar-refractivity contribution in [3.05, 3.63) is 69.4 Å². The molecule has 0 unspecified atom stereocenters. The molecule has 0 aliphatic carbocycles. The Labute approximate surface area is 130 Å². The van der Waals surface area contributed by atoms with Crippen LogP contribution in [0.1, 0.15) is 21.5 Å². The Morgan fingerprint density at radius 1 is 1.15 bits per heavy atom. The van der Waals surface area contributed by atoms with Gasteiger partial charge in [-0.05, 0) is 29.3 Å². The Morgan fingerprint density at radius 2 is 1.80 bits per heavy atom. The maximum atomic E-state index is 13.6. The van der Waals surface area contributed by atoms with Gasteiger partial charge in [0, 0.05) is 16.9 Å². The SMILES string of the molecule is O=C(NCc1ccc(CCl)cc1)c1ccc(Br)cc1F. The highest BCUT2D eigenvalue weighted by molar-refractivity contribution is 9.10. The fourth-order valence-electron chi connectivity index (χ4n) is 1.70. The summed E-state index contributed by atoms with van der Waals surface area (Å²) in [6.45, 7) is 0.344. The zero-order chi connectivity index (χ0) is 14.5. The van der Waals surface area contributed by atoms with E-state index in [-0.39, 0.29) is 5.56 Å². The lowest BCUT2D eigenvalue weighted by molar-refractivity contribution is 0.0947. The zero-order valence-corrected chi connectivity index (χ0v) is 12.8. The van der Waals surface area contributed by atoms with Crippen molar-refractivity contribution >= 4 is 33.4 Å². The Hall–Kier alpha value is -1.39. The molecule has 2 rings (SSSR count). The molecule has 0 spiro atoms. The topological polar surface area (TPSA) is 29.1 Å². The fourth-order valence-corrected chi connectivity index (χ4v) is 2.21. The van der Waals surface area contributed by atoms with E-state index in [9.17, 15) is 9.18 Å². The average Bonchev–Trinajstić information content (AvgIpc) is 2.45. The molecule has 2 aromatic rings. The first-order chi connectivity index (χ1) is 9.60. The number of halogens is 3. The quantitative estimate of drug-likeness (QED) is 0.815. The largest absolute Gasteiger partial charge is 0.348 e. The van der Waals surface area contributed by atoms with Gasteiger partial charge in [-0.15, -0.1) is 11.6 Å². The summed E-state index contributed by atoms with van der Waals surface area (Å²) in [4.78, 5) is 11.9. The Bertz CT molecular complexity index is 616. The van der Waals surface area contributed by atoms with Gasteiger partial charge in [0.05, 0.1) is 5.56 Å². The summed E-state index contributed by atoms with van der Waals surface area (Å²) >= 11 is 8.85. The molecule has 0 heterocycles. The molecule has 0 fully saturated rings. The number of benzene rings is 2. The summed E-state index contributed by atoms with van der Waals surface area (Å²) in [7, 11) is 0. The number of alkyl halides is 1. The minimum Gasteiger partial charge on any atom is -0.348 e. The number of hydrogen-bond donors (Lipinski definition) is 1. The zero-order valence-electron chi connectivity index (χ0n) is 10.5. The third-order valence-corrected chi connectivity index (χ3v) is 3.61. The molecule has 0 aromatic heterocycles. The van der Waals surface area contributed by atoms with E-state index >= 15 is 0 Å². The van der Waals surface area contributed by atoms with Crippen LogP contribution in [-0.4, -0.2) is 5.91 Å². The van der Waals surface area contributed by atoms with Crippen molar-refractivity contribution in [3.8, 4) is 0 Å². The van der Waals surface area contributed by atoms with Crippen LogP contribution < -0.4 is 5.32 Å². The van der Waals surface area contributed by atoms with Gasteiger partial charge in [0.1, 0.15) is 5.82 Å². The van der Waals surface area contributed by atoms with Crippen molar-refractivity contribution < 1.29 is 9.18 Å². The van der Waals surface area contributed by atoms with Crippen LogP contribution in [0.15, 0.2) is 46.9 Å². The van der Waals surface area contributed by atoms with Crippen molar-refractivity contribution in [2.24, 2.45) is 0 Å². The summed E-state index contributed by atoms with van der Waals surface area (Å²) < 4.78 is 14.2. The predicted molar refractivity (Wildman–Crippen MR) is 81.3 cm³/mol. The number of carbonyl (C=O) groups is 1. The lowest BCUT2D eigenvalue weighted by atomic mass is 10.1. The lowest BCUT2D eigenvalue weighted by Gasteiger charge is -2.07. The summed E-state index contributed by atoms with van der Waals surface area (Å²) in [6.07, 6.45) is 0. The second kappa shape index (κ2) is 6.86. The van der Waals surface area contributed by atoms with Gasteiger partial charge >= 0.3 is 0 Å². The molecule has 20 heavy (non-hydrogen) atoms. The molecule has 0 atom stereocenters. The van der Waals surface area contributed by atoms with E-state index in [2.05, 4.69) is 21.2 Å². The van der Waals surface area contributed by atoms with Crippen LogP contribution in [0.2, 0.25) is 0 Å². The van der Waals surface area contributed by atoms with Gasteiger partial charge in [0.25, 0.3) is 5.91 Å². The molecule has 0 saturated carbocycles. The third-order valence-electron chi connectivity index (χ3n) is 2.81. The first-order valence-electron chi connectivity index (χ1n) is 5.97. The summed E-state index contributed by atoms with van der Waals surface area (Å²) in [5.41, 5.74) is 1.98. The summed E-state index contributed by atoms with van der Waals surface area (Å²) in [5, 5.41) is 2.69. The molecular weight excluding hydrogens is 345 g/mol. The second-order valence-corrected chi connectivity index (χ2v) is 5.44. The van der Waals surface area contributed by atoms with Gasteiger partial charge < -0.3 is 5.32 Å². The molecule has 2 aromatic carbocycles. The molecule has 1 N–H and O–H groups in total. The second-order valence-electron chi connectivity index (χ2n) is 4.26. The highest BCUT2D eigenvalue weighted by Gasteiger charge is 2.11. The number of nitrogens with one attached hydrogen (secondary N) is 1. The fraction of sp³-hybridized carbons (Fsp3) is 0.133. The monoisotopic (exact) mass is 355 g/mol. The van der Waals surface area contributed by atoms with Crippen molar-refractivity contribution in [3.63, 3.8) is 0 Å². The maximum absolute atomic E-state index is 13.6. The molecule has 0 aliphatic rings. The molecule has 5 heteroatoms. The van der Waals surface area contributed by atoms with Crippen LogP contribution >= 0.6 is 27.5 Å². The van der Waals surface area contributed by atoms with E-state index in [4.69, 9.17) is 11.6 Å². The Kier molecular flexibility index (Phi) is 5.15. The van der Waals surface area contributed by atoms with Gasteiger partial charge in [-0.3, -0.25) is 4.79 Å². The molecule has 0 saturated heterocycles. The number of amides is 1. The molecular formula is C15H12BrClFNO. The molecule has 1 amide bonds. The van der Waals surface area contributed by atoms with Gasteiger partial charge in [0.15, 0.2) is 0 Å². The highest BCUT2D eigenvalue weighted by atomic mass is 79.9. The van der Waals surface area contributed by atoms with Crippen molar-refractivity contribution in [1.29, 1.82) is 0 Å². The number of rotatable bonds is 4. The summed E-state index contributed by atoms with van der Waals surface area (Å²) in [6, 6.07) is 11.9. The standard InChI is InChI=1S/C15H12BrClFNO/c16-12-5-6-13(14(18)7-12)15(20)19-9-11-3-1-10(8-17)2-4-11/h1-7H,8-9H2,(H,19,20). The molecule has 104 valence electrons. The normalized spacial score (nSPS) is 10.3. The van der Waals surface area contributed by atoms with Crippen LogP contribution in [0, 0.1) is 5.82 Å². The van der Waals surface area contributed by atoms with E-state index in [1.807, 2.05) is 24.3 Å². The van der Waals surface area contributed by atoms with Crippen molar-refractivity contribution in [2.75, 3.05) is 0 Å². The van der Waals surface area contributed by atoms with Crippen molar-refractivity contribution in [1.82, 2.24) is 5.32 Å². The van der Waals surface area contributed by atoms with E-state index in [1.165, 1.54) is 12.1 Å². The smallest absolute Gasteiger partial charge is 0.254 e. The number of hydrogen-bond acceptors (Lipinski definition) is 1. The highest BCUT2D eigenvalue weighted by Crippen LogP contribution is 2.15. The maximum Gasteiger partial charge on any atom is 0.254 e. The van der Waals surface area contributed by atoms with Crippen LogP contribution in [0.4, 0.5) is 4.39 Å². The van der Waals surface area contributed by atoms with E-state index in [0.717, 1.165) is 11.1 Å². The van der Waals surface area contributed by atoms with Crippen LogP contribution in [0.25, 0.3) is 0 Å². The molecule has 0 aliphatic heterocycles. The number of carbonyl (C=O) groups excluding carboxylic acids is 1. The summed E-state index contributed by atoms with van der Waals surface area (Å²) in [5.74, 6) is -0.526. The van der Waals surface area contributed by atoms with Crippen LogP contribution in [0.5, 0.6) is 0 Å². The molecule has 0 radical (unpaired) electrons. The Morgan fingerprint density at radius 3 is 2.40 bits per heavy atom. The van der Waals surface area contributed by atoms with Gasteiger partial charge in [-0.2, -0.15) is 0 Å². The van der Waals surface area contributed by atoms with Crippen molar-refractivity contribution in [2.45, 2.75) is 12.4 Å². The van der Waals surface area contributed by atoms with Gasteiger partial charge in [-0.1, -0.05) is 40.2 Å². The first-order valence-corrected chi connectivity index (χ1v) is 7.30. The van der Waals surface area contributed by atoms with E-state index in [1.54, 1.807) is 6.07 Å². The third kappa shape index (κ3) is 3.81. The minimum atomic E-state index is -0.547. The van der Waals surface area contributed by atoms with Gasteiger partial charge in [0.2, 0.25) is 0 Å². The molecule has 2 nitrogen and oxygen atoms in total. The first kappa shape index (κ1) is 15.0. The van der Waals surface area contributed by atoms with E-state index in [0.29, 0.717) is 16.9 Å². The predicted octanol–water partition coefficient (Wildman–Crippen LogP) is 4.26. The van der Waals surface area contributed by atoms with Gasteiger partial charge in [-0.25, -0.2) is 4.39 Å². The van der Waals surface area contributed by atoms with Crippen LogP contribution in [0.3, 0.4) is 0 Å². The minimum absolute atomic E-state index is 0.0329. The molecule has 0 bridgehead atoms. The Balaban J connectivity index is 2.00. The lowest BCUT2D eigenvalue weighted by Crippen LogP contribution is -2.23. The average molecular weight is 357 g/mol.